The average molecular weight is 462 g/mol. The second-order valence-electron chi connectivity index (χ2n) is 7.36. The third-order valence-corrected chi connectivity index (χ3v) is 5.29. The molecule has 32 heavy (non-hydrogen) atoms. The van der Waals surface area contributed by atoms with Crippen molar-refractivity contribution in [3.63, 3.8) is 0 Å². The Kier molecular flexibility index (Phi) is 6.01. The molecule has 0 amide bonds. The lowest BCUT2D eigenvalue weighted by atomic mass is 10.1. The van der Waals surface area contributed by atoms with Crippen LogP contribution in [-0.2, 0) is 13.0 Å². The first-order valence-electron chi connectivity index (χ1n) is 10.0. The van der Waals surface area contributed by atoms with Crippen molar-refractivity contribution < 1.29 is 13.2 Å². The van der Waals surface area contributed by atoms with E-state index in [1.54, 1.807) is 36.5 Å². The summed E-state index contributed by atoms with van der Waals surface area (Å²) in [6.07, 6.45) is 1.03. The Morgan fingerprint density at radius 2 is 1.84 bits per heavy atom. The number of unbranched alkanes of at least 4 members (excludes halogenated alkanes) is 1. The van der Waals surface area contributed by atoms with Gasteiger partial charge >= 0.3 is 6.18 Å². The van der Waals surface area contributed by atoms with Gasteiger partial charge in [0.15, 0.2) is 5.52 Å². The van der Waals surface area contributed by atoms with Gasteiger partial charge in [0.05, 0.1) is 22.7 Å². The zero-order valence-corrected chi connectivity index (χ0v) is 17.9. The SMILES string of the molecule is CCCCc1ccc(-c2c3ncn(CC(F)(F)F)c(=O)c3nn2-c2ccccc2Cl)nc1. The summed E-state index contributed by atoms with van der Waals surface area (Å²) in [6.45, 7) is 0.654. The molecule has 0 aliphatic heterocycles. The second-order valence-corrected chi connectivity index (χ2v) is 7.76. The van der Waals surface area contributed by atoms with E-state index in [-0.39, 0.29) is 11.0 Å². The van der Waals surface area contributed by atoms with Gasteiger partial charge in [-0.25, -0.2) is 9.67 Å². The molecule has 0 atom stereocenters. The molecule has 4 aromatic rings. The third kappa shape index (κ3) is 4.38. The van der Waals surface area contributed by atoms with Gasteiger partial charge in [0.1, 0.15) is 17.8 Å². The van der Waals surface area contributed by atoms with Crippen LogP contribution in [0.5, 0.6) is 0 Å². The summed E-state index contributed by atoms with van der Waals surface area (Å²) in [5.41, 5.74) is 1.45. The molecule has 3 aromatic heterocycles. The fourth-order valence-electron chi connectivity index (χ4n) is 3.42. The summed E-state index contributed by atoms with van der Waals surface area (Å²) in [6, 6.07) is 10.6. The van der Waals surface area contributed by atoms with Crippen LogP contribution >= 0.6 is 11.6 Å². The predicted octanol–water partition coefficient (Wildman–Crippen LogP) is 5.20. The first-order valence-corrected chi connectivity index (χ1v) is 10.4. The Labute approximate surface area is 186 Å². The summed E-state index contributed by atoms with van der Waals surface area (Å²) in [5.74, 6) is 0. The van der Waals surface area contributed by atoms with Crippen LogP contribution < -0.4 is 5.56 Å². The number of aromatic nitrogens is 5. The van der Waals surface area contributed by atoms with Crippen molar-refractivity contribution in [2.24, 2.45) is 0 Å². The third-order valence-electron chi connectivity index (χ3n) is 4.97. The van der Waals surface area contributed by atoms with E-state index < -0.39 is 18.3 Å². The van der Waals surface area contributed by atoms with Crippen molar-refractivity contribution >= 4 is 22.6 Å². The second kappa shape index (κ2) is 8.74. The van der Waals surface area contributed by atoms with E-state index in [4.69, 9.17) is 11.6 Å². The van der Waals surface area contributed by atoms with Gasteiger partial charge in [-0.15, -0.1) is 0 Å². The number of fused-ring (bicyclic) bond motifs is 1. The maximum Gasteiger partial charge on any atom is 0.406 e. The van der Waals surface area contributed by atoms with Crippen LogP contribution in [0.1, 0.15) is 25.3 Å². The molecule has 0 bridgehead atoms. The minimum absolute atomic E-state index is 0.155. The highest BCUT2D eigenvalue weighted by Gasteiger charge is 2.30. The van der Waals surface area contributed by atoms with E-state index in [0.717, 1.165) is 31.2 Å². The lowest BCUT2D eigenvalue weighted by Crippen LogP contribution is -2.28. The molecule has 3 heterocycles. The highest BCUT2D eigenvalue weighted by atomic mass is 35.5. The molecular weight excluding hydrogens is 443 g/mol. The molecule has 0 N–H and O–H groups in total. The van der Waals surface area contributed by atoms with Gasteiger partial charge in [-0.3, -0.25) is 14.3 Å². The number of rotatable bonds is 6. The number of aryl methyl sites for hydroxylation is 1. The maximum atomic E-state index is 12.9. The Morgan fingerprint density at radius 1 is 1.06 bits per heavy atom. The summed E-state index contributed by atoms with van der Waals surface area (Å²) in [7, 11) is 0. The van der Waals surface area contributed by atoms with Gasteiger partial charge in [0.2, 0.25) is 0 Å². The molecule has 0 radical (unpaired) electrons. The number of benzene rings is 1. The van der Waals surface area contributed by atoms with Crippen molar-refractivity contribution in [2.75, 3.05) is 0 Å². The Hall–Kier alpha value is -3.20. The number of halogens is 4. The molecule has 0 spiro atoms. The van der Waals surface area contributed by atoms with Gasteiger partial charge in [-0.05, 0) is 36.6 Å². The zero-order chi connectivity index (χ0) is 22.9. The Bertz CT molecular complexity index is 1310. The first kappa shape index (κ1) is 22.0. The van der Waals surface area contributed by atoms with Crippen molar-refractivity contribution in [2.45, 2.75) is 38.9 Å². The molecule has 0 saturated heterocycles. The van der Waals surface area contributed by atoms with E-state index in [0.29, 0.717) is 26.7 Å². The van der Waals surface area contributed by atoms with Crippen molar-refractivity contribution in [3.8, 4) is 17.1 Å². The van der Waals surface area contributed by atoms with Crippen LogP contribution in [0.2, 0.25) is 5.02 Å². The highest BCUT2D eigenvalue weighted by molar-refractivity contribution is 6.32. The molecule has 0 aliphatic rings. The molecule has 0 unspecified atom stereocenters. The monoisotopic (exact) mass is 461 g/mol. The predicted molar refractivity (Wildman–Crippen MR) is 116 cm³/mol. The topological polar surface area (TPSA) is 65.6 Å². The highest BCUT2D eigenvalue weighted by Crippen LogP contribution is 2.30. The van der Waals surface area contributed by atoms with Crippen molar-refractivity contribution in [1.82, 2.24) is 24.3 Å². The molecule has 0 fully saturated rings. The average Bonchev–Trinajstić information content (AvgIpc) is 3.14. The van der Waals surface area contributed by atoms with E-state index in [1.807, 2.05) is 6.07 Å². The Morgan fingerprint density at radius 3 is 2.50 bits per heavy atom. The number of hydrogen-bond donors (Lipinski definition) is 0. The summed E-state index contributed by atoms with van der Waals surface area (Å²) in [5, 5.41) is 4.67. The maximum absolute atomic E-state index is 12.9. The number of pyridine rings is 1. The number of para-hydroxylation sites is 1. The quantitative estimate of drug-likeness (QED) is 0.396. The molecule has 1 aromatic carbocycles. The molecular formula is C22H19ClF3N5O. The summed E-state index contributed by atoms with van der Waals surface area (Å²) < 4.78 is 40.5. The zero-order valence-electron chi connectivity index (χ0n) is 17.1. The van der Waals surface area contributed by atoms with E-state index in [9.17, 15) is 18.0 Å². The minimum Gasteiger partial charge on any atom is -0.288 e. The van der Waals surface area contributed by atoms with Crippen LogP contribution in [0.25, 0.3) is 28.1 Å². The molecule has 4 rings (SSSR count). The van der Waals surface area contributed by atoms with Gasteiger partial charge in [-0.1, -0.05) is 43.1 Å². The Balaban J connectivity index is 1.93. The smallest absolute Gasteiger partial charge is 0.288 e. The minimum atomic E-state index is -4.57. The van der Waals surface area contributed by atoms with Crippen LogP contribution in [0.4, 0.5) is 13.2 Å². The van der Waals surface area contributed by atoms with Crippen LogP contribution in [0.15, 0.2) is 53.7 Å². The molecule has 0 aliphatic carbocycles. The standard InChI is InChI=1S/C22H19ClF3N5O/c1-2-3-6-14-9-10-16(27-11-14)20-18-19(21(32)30(13-28-18)12-22(24,25)26)29-31(20)17-8-5-4-7-15(17)23/h4-5,7-11,13H,2-3,6,12H2,1H3. The van der Waals surface area contributed by atoms with Crippen molar-refractivity contribution in [1.29, 1.82) is 0 Å². The van der Waals surface area contributed by atoms with Gasteiger partial charge in [0.25, 0.3) is 5.56 Å². The van der Waals surface area contributed by atoms with E-state index in [1.165, 1.54) is 4.68 Å². The van der Waals surface area contributed by atoms with Crippen LogP contribution in [0.3, 0.4) is 0 Å². The van der Waals surface area contributed by atoms with E-state index in [2.05, 4.69) is 22.0 Å². The van der Waals surface area contributed by atoms with Gasteiger partial charge in [0, 0.05) is 6.20 Å². The van der Waals surface area contributed by atoms with Gasteiger partial charge in [-0.2, -0.15) is 18.3 Å². The summed E-state index contributed by atoms with van der Waals surface area (Å²) >= 11 is 6.35. The largest absolute Gasteiger partial charge is 0.406 e. The number of alkyl halides is 3. The van der Waals surface area contributed by atoms with Gasteiger partial charge < -0.3 is 0 Å². The van der Waals surface area contributed by atoms with Crippen LogP contribution in [-0.4, -0.2) is 30.5 Å². The first-order chi connectivity index (χ1) is 15.3. The molecule has 0 saturated carbocycles. The molecule has 10 heteroatoms. The lowest BCUT2D eigenvalue weighted by molar-refractivity contribution is -0.141. The number of nitrogens with zero attached hydrogens (tertiary/aromatic N) is 5. The summed E-state index contributed by atoms with van der Waals surface area (Å²) in [4.78, 5) is 21.5. The van der Waals surface area contributed by atoms with Crippen LogP contribution in [0, 0.1) is 0 Å². The fraction of sp³-hybridized carbons (Fsp3) is 0.273. The molecule has 166 valence electrons. The fourth-order valence-corrected chi connectivity index (χ4v) is 3.63. The van der Waals surface area contributed by atoms with E-state index >= 15 is 0 Å². The molecule has 6 nitrogen and oxygen atoms in total. The number of hydrogen-bond acceptors (Lipinski definition) is 4. The normalized spacial score (nSPS) is 11.9. The van der Waals surface area contributed by atoms with Crippen molar-refractivity contribution in [3.05, 3.63) is 69.9 Å². The lowest BCUT2D eigenvalue weighted by Gasteiger charge is -2.09.